The average Bonchev–Trinajstić information content (AvgIpc) is 2.27. The lowest BCUT2D eigenvalue weighted by Crippen LogP contribution is -2.47. The first-order valence-corrected chi connectivity index (χ1v) is 5.72. The van der Waals surface area contributed by atoms with E-state index >= 15 is 0 Å². The topological polar surface area (TPSA) is 69.6 Å². The molecule has 0 bridgehead atoms. The third kappa shape index (κ3) is 3.48. The van der Waals surface area contributed by atoms with Crippen molar-refractivity contribution in [3.63, 3.8) is 0 Å². The van der Waals surface area contributed by atoms with Gasteiger partial charge in [-0.1, -0.05) is 0 Å². The summed E-state index contributed by atoms with van der Waals surface area (Å²) in [4.78, 5) is 24.1. The van der Waals surface area contributed by atoms with Gasteiger partial charge in [0.15, 0.2) is 0 Å². The van der Waals surface area contributed by atoms with Crippen LogP contribution in [0.5, 0.6) is 0 Å². The number of likely N-dealkylation sites (tertiary alicyclic amines) is 1. The van der Waals surface area contributed by atoms with E-state index in [9.17, 15) is 9.59 Å². The molecule has 0 aromatic heterocycles. The van der Waals surface area contributed by atoms with Gasteiger partial charge in [-0.15, -0.1) is 0 Å². The SMILES string of the molecule is CNC(=O)C(C)N1CCC(CC(=O)O)CC1. The van der Waals surface area contributed by atoms with Crippen LogP contribution in [-0.2, 0) is 9.59 Å². The van der Waals surface area contributed by atoms with E-state index in [-0.39, 0.29) is 24.3 Å². The molecule has 1 fully saturated rings. The average molecular weight is 228 g/mol. The zero-order valence-corrected chi connectivity index (χ0v) is 9.90. The van der Waals surface area contributed by atoms with E-state index < -0.39 is 5.97 Å². The van der Waals surface area contributed by atoms with Gasteiger partial charge >= 0.3 is 5.97 Å². The molecule has 1 rings (SSSR count). The monoisotopic (exact) mass is 228 g/mol. The predicted octanol–water partition coefficient (Wildman–Crippen LogP) is 0.308. The molecule has 0 aromatic rings. The molecule has 1 heterocycles. The summed E-state index contributed by atoms with van der Waals surface area (Å²) in [5.74, 6) is -0.430. The number of carbonyl (C=O) groups is 2. The third-order valence-corrected chi connectivity index (χ3v) is 3.29. The first kappa shape index (κ1) is 13.0. The smallest absolute Gasteiger partial charge is 0.303 e. The van der Waals surface area contributed by atoms with E-state index in [1.165, 1.54) is 0 Å². The summed E-state index contributed by atoms with van der Waals surface area (Å²) < 4.78 is 0. The minimum absolute atomic E-state index is 0.0247. The van der Waals surface area contributed by atoms with Crippen molar-refractivity contribution in [2.24, 2.45) is 5.92 Å². The summed E-state index contributed by atoms with van der Waals surface area (Å²) in [6.45, 7) is 3.51. The Morgan fingerprint density at radius 2 is 2.00 bits per heavy atom. The highest BCUT2D eigenvalue weighted by Crippen LogP contribution is 2.21. The van der Waals surface area contributed by atoms with Crippen LogP contribution in [0, 0.1) is 5.92 Å². The predicted molar refractivity (Wildman–Crippen MR) is 60.1 cm³/mol. The molecule has 0 aliphatic carbocycles. The molecule has 1 saturated heterocycles. The van der Waals surface area contributed by atoms with Crippen LogP contribution in [0.15, 0.2) is 0 Å². The van der Waals surface area contributed by atoms with E-state index in [4.69, 9.17) is 5.11 Å². The number of hydrogen-bond acceptors (Lipinski definition) is 3. The lowest BCUT2D eigenvalue weighted by molar-refractivity contribution is -0.138. The maximum absolute atomic E-state index is 11.4. The Morgan fingerprint density at radius 1 is 1.44 bits per heavy atom. The number of carboxylic acid groups (broad SMARTS) is 1. The Hall–Kier alpha value is -1.10. The number of carboxylic acids is 1. The summed E-state index contributed by atoms with van der Waals surface area (Å²) in [7, 11) is 1.63. The lowest BCUT2D eigenvalue weighted by Gasteiger charge is -2.34. The molecule has 1 amide bonds. The number of carbonyl (C=O) groups excluding carboxylic acids is 1. The second-order valence-corrected chi connectivity index (χ2v) is 4.37. The van der Waals surface area contributed by atoms with Crippen LogP contribution in [0.2, 0.25) is 0 Å². The van der Waals surface area contributed by atoms with Crippen molar-refractivity contribution in [2.45, 2.75) is 32.2 Å². The summed E-state index contributed by atoms with van der Waals surface area (Å²) in [5, 5.41) is 11.3. The van der Waals surface area contributed by atoms with Crippen LogP contribution in [-0.4, -0.2) is 48.1 Å². The van der Waals surface area contributed by atoms with E-state index in [1.807, 2.05) is 6.92 Å². The highest BCUT2D eigenvalue weighted by atomic mass is 16.4. The summed E-state index contributed by atoms with van der Waals surface area (Å²) in [6.07, 6.45) is 1.99. The fourth-order valence-corrected chi connectivity index (χ4v) is 2.17. The Labute approximate surface area is 95.8 Å². The molecule has 1 aliphatic rings. The van der Waals surface area contributed by atoms with Crippen molar-refractivity contribution < 1.29 is 14.7 Å². The van der Waals surface area contributed by atoms with Crippen LogP contribution in [0.25, 0.3) is 0 Å². The first-order chi connectivity index (χ1) is 7.54. The van der Waals surface area contributed by atoms with Crippen LogP contribution in [0.3, 0.4) is 0 Å². The summed E-state index contributed by atoms with van der Waals surface area (Å²) >= 11 is 0. The van der Waals surface area contributed by atoms with Crippen LogP contribution in [0.1, 0.15) is 26.2 Å². The van der Waals surface area contributed by atoms with Gasteiger partial charge in [-0.2, -0.15) is 0 Å². The highest BCUT2D eigenvalue weighted by Gasteiger charge is 2.26. The maximum atomic E-state index is 11.4. The quantitative estimate of drug-likeness (QED) is 0.726. The fraction of sp³-hybridized carbons (Fsp3) is 0.818. The number of aliphatic carboxylic acids is 1. The second kappa shape index (κ2) is 5.84. The summed E-state index contributed by atoms with van der Waals surface area (Å²) in [5.41, 5.74) is 0. The molecule has 1 aliphatic heterocycles. The minimum Gasteiger partial charge on any atom is -0.481 e. The number of amides is 1. The number of hydrogen-bond donors (Lipinski definition) is 2. The van der Waals surface area contributed by atoms with Gasteiger partial charge in [0, 0.05) is 13.5 Å². The Kier molecular flexibility index (Phi) is 4.73. The second-order valence-electron chi connectivity index (χ2n) is 4.37. The maximum Gasteiger partial charge on any atom is 0.303 e. The van der Waals surface area contributed by atoms with Gasteiger partial charge in [0.05, 0.1) is 6.04 Å². The standard InChI is InChI=1S/C11H20N2O3/c1-8(11(16)12-2)13-5-3-9(4-6-13)7-10(14)15/h8-9H,3-7H2,1-2H3,(H,12,16)(H,14,15). The number of piperidine rings is 1. The normalized spacial score (nSPS) is 20.4. The van der Waals surface area contributed by atoms with Gasteiger partial charge in [0.25, 0.3) is 0 Å². The number of nitrogens with zero attached hydrogens (tertiary/aromatic N) is 1. The van der Waals surface area contributed by atoms with Gasteiger partial charge in [-0.25, -0.2) is 0 Å². The number of rotatable bonds is 4. The molecule has 1 atom stereocenters. The Morgan fingerprint density at radius 3 is 2.44 bits per heavy atom. The van der Waals surface area contributed by atoms with Gasteiger partial charge in [0.2, 0.25) is 5.91 Å². The van der Waals surface area contributed by atoms with E-state index in [0.29, 0.717) is 0 Å². The van der Waals surface area contributed by atoms with Crippen LogP contribution < -0.4 is 5.32 Å². The molecule has 0 spiro atoms. The zero-order chi connectivity index (χ0) is 12.1. The van der Waals surface area contributed by atoms with Gasteiger partial charge < -0.3 is 10.4 Å². The van der Waals surface area contributed by atoms with Crippen molar-refractivity contribution in [1.82, 2.24) is 10.2 Å². The number of nitrogens with one attached hydrogen (secondary N) is 1. The zero-order valence-electron chi connectivity index (χ0n) is 9.90. The molecular weight excluding hydrogens is 208 g/mol. The van der Waals surface area contributed by atoms with Gasteiger partial charge in [0.1, 0.15) is 0 Å². The van der Waals surface area contributed by atoms with E-state index in [2.05, 4.69) is 10.2 Å². The van der Waals surface area contributed by atoms with Gasteiger partial charge in [-0.05, 0) is 38.8 Å². The molecule has 0 aromatic carbocycles. The van der Waals surface area contributed by atoms with Crippen LogP contribution >= 0.6 is 0 Å². The van der Waals surface area contributed by atoms with Crippen molar-refractivity contribution in [3.05, 3.63) is 0 Å². The Balaban J connectivity index is 2.36. The fourth-order valence-electron chi connectivity index (χ4n) is 2.17. The lowest BCUT2D eigenvalue weighted by atomic mass is 9.93. The van der Waals surface area contributed by atoms with Crippen molar-refractivity contribution in [2.75, 3.05) is 20.1 Å². The number of likely N-dealkylation sites (N-methyl/N-ethyl adjacent to an activating group) is 1. The van der Waals surface area contributed by atoms with Crippen molar-refractivity contribution in [1.29, 1.82) is 0 Å². The molecule has 1 unspecified atom stereocenters. The molecule has 5 nitrogen and oxygen atoms in total. The summed E-state index contributed by atoms with van der Waals surface area (Å²) in [6, 6.07) is -0.115. The molecule has 16 heavy (non-hydrogen) atoms. The first-order valence-electron chi connectivity index (χ1n) is 5.72. The van der Waals surface area contributed by atoms with Crippen LogP contribution in [0.4, 0.5) is 0 Å². The van der Waals surface area contributed by atoms with Crippen molar-refractivity contribution in [3.8, 4) is 0 Å². The minimum atomic E-state index is -0.724. The van der Waals surface area contributed by atoms with Gasteiger partial charge in [-0.3, -0.25) is 14.5 Å². The van der Waals surface area contributed by atoms with E-state index in [1.54, 1.807) is 7.05 Å². The molecule has 0 saturated carbocycles. The van der Waals surface area contributed by atoms with E-state index in [0.717, 1.165) is 25.9 Å². The molecule has 92 valence electrons. The Bertz CT molecular complexity index is 260. The molecule has 0 radical (unpaired) electrons. The molecule has 5 heteroatoms. The van der Waals surface area contributed by atoms with Crippen molar-refractivity contribution >= 4 is 11.9 Å². The highest BCUT2D eigenvalue weighted by molar-refractivity contribution is 5.80. The largest absolute Gasteiger partial charge is 0.481 e. The molecular formula is C11H20N2O3. The molecule has 2 N–H and O–H groups in total. The third-order valence-electron chi connectivity index (χ3n) is 3.29.